The van der Waals surface area contributed by atoms with Crippen LogP contribution in [0.25, 0.3) is 0 Å². The number of ether oxygens (including phenoxy) is 2. The van der Waals surface area contributed by atoms with Crippen LogP contribution >= 0.6 is 11.8 Å². The van der Waals surface area contributed by atoms with Gasteiger partial charge in [0.25, 0.3) is 0 Å². The number of hydrogen-bond acceptors (Lipinski definition) is 4. The zero-order valence-corrected chi connectivity index (χ0v) is 12.8. The largest absolute Gasteiger partial charge is 0.496 e. The summed E-state index contributed by atoms with van der Waals surface area (Å²) in [5.74, 6) is 4.95. The van der Waals surface area contributed by atoms with Gasteiger partial charge in [-0.05, 0) is 42.5 Å². The van der Waals surface area contributed by atoms with E-state index in [1.165, 1.54) is 23.5 Å². The predicted octanol–water partition coefficient (Wildman–Crippen LogP) is 3.11. The van der Waals surface area contributed by atoms with Crippen molar-refractivity contribution in [2.75, 3.05) is 32.3 Å². The molecule has 0 saturated carbocycles. The second kappa shape index (κ2) is 7.06. The highest BCUT2D eigenvalue weighted by atomic mass is 32.2. The fourth-order valence-electron chi connectivity index (χ4n) is 2.73. The first-order chi connectivity index (χ1) is 9.31. The fraction of sp³-hybridized carbons (Fsp3) is 0.600. The van der Waals surface area contributed by atoms with E-state index in [1.54, 1.807) is 14.2 Å². The molecular weight excluding hydrogens is 258 g/mol. The van der Waals surface area contributed by atoms with E-state index in [9.17, 15) is 0 Å². The lowest BCUT2D eigenvalue weighted by Gasteiger charge is -2.27. The van der Waals surface area contributed by atoms with Crippen LogP contribution in [-0.2, 0) is 0 Å². The quantitative estimate of drug-likeness (QED) is 0.868. The molecule has 106 valence electrons. The van der Waals surface area contributed by atoms with Crippen molar-refractivity contribution < 1.29 is 9.47 Å². The van der Waals surface area contributed by atoms with Crippen molar-refractivity contribution in [1.82, 2.24) is 5.32 Å². The Balaban J connectivity index is 2.38. The van der Waals surface area contributed by atoms with Crippen LogP contribution in [-0.4, -0.2) is 32.3 Å². The maximum Gasteiger partial charge on any atom is 0.127 e. The highest BCUT2D eigenvalue weighted by Crippen LogP contribution is 2.41. The SMILES string of the molecule is CCNC(c1c(OC)cccc1OC)C1CCSC1. The normalized spacial score (nSPS) is 20.3. The number of nitrogens with one attached hydrogen (secondary N) is 1. The Morgan fingerprint density at radius 1 is 1.32 bits per heavy atom. The summed E-state index contributed by atoms with van der Waals surface area (Å²) in [6, 6.07) is 6.33. The Morgan fingerprint density at radius 2 is 2.00 bits per heavy atom. The zero-order valence-electron chi connectivity index (χ0n) is 11.9. The molecule has 1 aromatic rings. The summed E-state index contributed by atoms with van der Waals surface area (Å²) in [4.78, 5) is 0. The number of benzene rings is 1. The molecule has 19 heavy (non-hydrogen) atoms. The lowest BCUT2D eigenvalue weighted by atomic mass is 9.91. The second-order valence-electron chi connectivity index (χ2n) is 4.74. The third-order valence-electron chi connectivity index (χ3n) is 3.64. The van der Waals surface area contributed by atoms with E-state index in [2.05, 4.69) is 12.2 Å². The highest BCUT2D eigenvalue weighted by molar-refractivity contribution is 7.99. The minimum atomic E-state index is 0.311. The van der Waals surface area contributed by atoms with Crippen LogP contribution in [0.3, 0.4) is 0 Å². The van der Waals surface area contributed by atoms with E-state index in [0.717, 1.165) is 18.0 Å². The van der Waals surface area contributed by atoms with E-state index in [-0.39, 0.29) is 0 Å². The van der Waals surface area contributed by atoms with Gasteiger partial charge in [0.05, 0.1) is 19.8 Å². The number of thioether (sulfide) groups is 1. The van der Waals surface area contributed by atoms with Gasteiger partial charge in [-0.15, -0.1) is 0 Å². The van der Waals surface area contributed by atoms with E-state index in [4.69, 9.17) is 9.47 Å². The van der Waals surface area contributed by atoms with Gasteiger partial charge in [0.15, 0.2) is 0 Å². The summed E-state index contributed by atoms with van der Waals surface area (Å²) in [5, 5.41) is 3.62. The molecule has 4 heteroatoms. The molecule has 2 unspecified atom stereocenters. The van der Waals surface area contributed by atoms with Crippen LogP contribution in [0, 0.1) is 5.92 Å². The standard InChI is InChI=1S/C15H23NO2S/c1-4-16-15(11-8-9-19-10-11)14-12(17-2)6-5-7-13(14)18-3/h5-7,11,15-16H,4,8-10H2,1-3H3. The summed E-state index contributed by atoms with van der Waals surface area (Å²) in [7, 11) is 3.45. The first-order valence-corrected chi connectivity index (χ1v) is 7.99. The highest BCUT2D eigenvalue weighted by Gasteiger charge is 2.30. The summed E-state index contributed by atoms with van der Waals surface area (Å²) in [5.41, 5.74) is 1.17. The molecule has 0 radical (unpaired) electrons. The Morgan fingerprint density at radius 3 is 2.47 bits per heavy atom. The van der Waals surface area contributed by atoms with Crippen molar-refractivity contribution in [3.05, 3.63) is 23.8 Å². The first-order valence-electron chi connectivity index (χ1n) is 6.83. The summed E-state index contributed by atoms with van der Waals surface area (Å²) in [6.07, 6.45) is 1.25. The minimum Gasteiger partial charge on any atom is -0.496 e. The van der Waals surface area contributed by atoms with Crippen molar-refractivity contribution in [3.8, 4) is 11.5 Å². The van der Waals surface area contributed by atoms with Crippen molar-refractivity contribution in [1.29, 1.82) is 0 Å². The van der Waals surface area contributed by atoms with Crippen molar-refractivity contribution in [3.63, 3.8) is 0 Å². The van der Waals surface area contributed by atoms with Crippen molar-refractivity contribution >= 4 is 11.8 Å². The summed E-state index contributed by atoms with van der Waals surface area (Å²) in [6.45, 7) is 3.10. The maximum atomic E-state index is 5.55. The van der Waals surface area contributed by atoms with Gasteiger partial charge < -0.3 is 14.8 Å². The molecule has 1 aliphatic heterocycles. The van der Waals surface area contributed by atoms with Crippen LogP contribution in [0.4, 0.5) is 0 Å². The van der Waals surface area contributed by atoms with Gasteiger partial charge >= 0.3 is 0 Å². The Bertz CT molecular complexity index is 383. The molecule has 1 aromatic carbocycles. The summed E-state index contributed by atoms with van der Waals surface area (Å²) < 4.78 is 11.1. The van der Waals surface area contributed by atoms with E-state index < -0.39 is 0 Å². The van der Waals surface area contributed by atoms with Crippen LogP contribution in [0.2, 0.25) is 0 Å². The monoisotopic (exact) mass is 281 g/mol. The number of methoxy groups -OCH3 is 2. The van der Waals surface area contributed by atoms with Gasteiger partial charge in [-0.2, -0.15) is 11.8 Å². The molecule has 0 spiro atoms. The molecule has 3 nitrogen and oxygen atoms in total. The molecule has 0 bridgehead atoms. The molecule has 1 heterocycles. The molecular formula is C15H23NO2S. The van der Waals surface area contributed by atoms with E-state index in [0.29, 0.717) is 12.0 Å². The van der Waals surface area contributed by atoms with Crippen molar-refractivity contribution in [2.45, 2.75) is 19.4 Å². The molecule has 2 rings (SSSR count). The van der Waals surface area contributed by atoms with Crippen molar-refractivity contribution in [2.24, 2.45) is 5.92 Å². The van der Waals surface area contributed by atoms with Gasteiger partial charge in [-0.1, -0.05) is 13.0 Å². The molecule has 0 aromatic heterocycles. The third-order valence-corrected chi connectivity index (χ3v) is 4.83. The van der Waals surface area contributed by atoms with Gasteiger partial charge in [0.1, 0.15) is 11.5 Å². The summed E-state index contributed by atoms with van der Waals surface area (Å²) >= 11 is 2.04. The average Bonchev–Trinajstić information content (AvgIpc) is 2.98. The van der Waals surface area contributed by atoms with Crippen LogP contribution in [0.15, 0.2) is 18.2 Å². The molecule has 1 fully saturated rings. The average molecular weight is 281 g/mol. The van der Waals surface area contributed by atoms with Crippen LogP contribution < -0.4 is 14.8 Å². The number of hydrogen-bond donors (Lipinski definition) is 1. The molecule has 0 aliphatic carbocycles. The minimum absolute atomic E-state index is 0.311. The predicted molar refractivity (Wildman–Crippen MR) is 81.4 cm³/mol. The maximum absolute atomic E-state index is 5.55. The fourth-order valence-corrected chi connectivity index (χ4v) is 4.02. The zero-order chi connectivity index (χ0) is 13.7. The van der Waals surface area contributed by atoms with E-state index >= 15 is 0 Å². The lowest BCUT2D eigenvalue weighted by molar-refractivity contribution is 0.340. The molecule has 1 aliphatic rings. The molecule has 2 atom stereocenters. The topological polar surface area (TPSA) is 30.5 Å². The first kappa shape index (κ1) is 14.5. The molecule has 1 N–H and O–H groups in total. The Hall–Kier alpha value is -0.870. The molecule has 0 amide bonds. The number of rotatable bonds is 6. The smallest absolute Gasteiger partial charge is 0.127 e. The molecule has 1 saturated heterocycles. The Labute approximate surface area is 120 Å². The van der Waals surface area contributed by atoms with Gasteiger partial charge in [-0.3, -0.25) is 0 Å². The Kier molecular flexibility index (Phi) is 5.40. The lowest BCUT2D eigenvalue weighted by Crippen LogP contribution is -2.29. The van der Waals surface area contributed by atoms with Gasteiger partial charge in [0, 0.05) is 6.04 Å². The van der Waals surface area contributed by atoms with Crippen LogP contribution in [0.1, 0.15) is 24.9 Å². The van der Waals surface area contributed by atoms with Crippen LogP contribution in [0.5, 0.6) is 11.5 Å². The third kappa shape index (κ3) is 3.18. The van der Waals surface area contributed by atoms with E-state index in [1.807, 2.05) is 30.0 Å². The van der Waals surface area contributed by atoms with Gasteiger partial charge in [-0.25, -0.2) is 0 Å². The van der Waals surface area contributed by atoms with Gasteiger partial charge in [0.2, 0.25) is 0 Å². The second-order valence-corrected chi connectivity index (χ2v) is 5.89.